The molecule has 1 aliphatic heterocycles. The number of amides is 4. The van der Waals surface area contributed by atoms with Crippen molar-refractivity contribution < 1.29 is 23.5 Å². The Morgan fingerprint density at radius 1 is 1.09 bits per heavy atom. The van der Waals surface area contributed by atoms with Crippen molar-refractivity contribution in [1.29, 1.82) is 0 Å². The first kappa shape index (κ1) is 22.9. The van der Waals surface area contributed by atoms with E-state index in [0.29, 0.717) is 17.9 Å². The van der Waals surface area contributed by atoms with Crippen LogP contribution in [0.3, 0.4) is 0 Å². The minimum Gasteiger partial charge on any atom is -0.489 e. The van der Waals surface area contributed by atoms with E-state index in [9.17, 15) is 18.8 Å². The predicted octanol–water partition coefficient (Wildman–Crippen LogP) is 2.88. The fraction of sp³-hybridized carbons (Fsp3) is 0.200. The van der Waals surface area contributed by atoms with Gasteiger partial charge in [0, 0.05) is 24.5 Å². The topological polar surface area (TPSA) is 101 Å². The number of nitrogens with one attached hydrogen (secondary N) is 2. The lowest BCUT2D eigenvalue weighted by molar-refractivity contribution is -0.134. The number of pyridine rings is 1. The van der Waals surface area contributed by atoms with Crippen LogP contribution in [0.15, 0.2) is 73.1 Å². The summed E-state index contributed by atoms with van der Waals surface area (Å²) in [5, 5.41) is 5.30. The van der Waals surface area contributed by atoms with Crippen LogP contribution in [0.5, 0.6) is 5.75 Å². The summed E-state index contributed by atoms with van der Waals surface area (Å²) in [6.45, 7) is 1.72. The Kier molecular flexibility index (Phi) is 6.53. The van der Waals surface area contributed by atoms with E-state index in [4.69, 9.17) is 4.74 Å². The molecule has 2 heterocycles. The number of nitrogens with zero attached hydrogens (tertiary/aromatic N) is 2. The summed E-state index contributed by atoms with van der Waals surface area (Å²) in [6.07, 6.45) is 3.43. The highest BCUT2D eigenvalue weighted by atomic mass is 19.1. The van der Waals surface area contributed by atoms with Crippen molar-refractivity contribution >= 4 is 17.8 Å². The zero-order chi connectivity index (χ0) is 24.1. The largest absolute Gasteiger partial charge is 0.489 e. The van der Waals surface area contributed by atoms with E-state index >= 15 is 0 Å². The molecule has 4 amide bonds. The number of rotatable bonds is 8. The van der Waals surface area contributed by atoms with Crippen LogP contribution in [-0.2, 0) is 28.3 Å². The molecule has 1 aliphatic rings. The van der Waals surface area contributed by atoms with Crippen molar-refractivity contribution in [3.63, 3.8) is 0 Å². The van der Waals surface area contributed by atoms with Crippen LogP contribution in [-0.4, -0.2) is 34.3 Å². The minimum atomic E-state index is -1.36. The average molecular weight is 462 g/mol. The van der Waals surface area contributed by atoms with Crippen LogP contribution in [0.4, 0.5) is 9.18 Å². The summed E-state index contributed by atoms with van der Waals surface area (Å²) < 4.78 is 18.9. The minimum absolute atomic E-state index is 0.223. The van der Waals surface area contributed by atoms with Gasteiger partial charge in [0.05, 0.1) is 0 Å². The second kappa shape index (κ2) is 9.70. The lowest BCUT2D eigenvalue weighted by Crippen LogP contribution is -2.43. The predicted molar refractivity (Wildman–Crippen MR) is 121 cm³/mol. The number of benzene rings is 2. The molecule has 1 unspecified atom stereocenters. The lowest BCUT2D eigenvalue weighted by Gasteiger charge is -2.22. The molecule has 174 valence electrons. The Morgan fingerprint density at radius 3 is 2.50 bits per heavy atom. The highest BCUT2D eigenvalue weighted by Gasteiger charge is 2.49. The van der Waals surface area contributed by atoms with Crippen molar-refractivity contribution in [2.24, 2.45) is 0 Å². The van der Waals surface area contributed by atoms with Crippen molar-refractivity contribution in [3.8, 4) is 5.75 Å². The molecule has 0 saturated carbocycles. The summed E-state index contributed by atoms with van der Waals surface area (Å²) in [5.41, 5.74) is 0.850. The molecule has 1 saturated heterocycles. The van der Waals surface area contributed by atoms with E-state index in [1.165, 1.54) is 31.2 Å². The zero-order valence-corrected chi connectivity index (χ0v) is 18.5. The van der Waals surface area contributed by atoms with Crippen molar-refractivity contribution in [2.45, 2.75) is 25.6 Å². The van der Waals surface area contributed by atoms with Gasteiger partial charge in [-0.1, -0.05) is 30.3 Å². The van der Waals surface area contributed by atoms with Gasteiger partial charge in [-0.2, -0.15) is 0 Å². The van der Waals surface area contributed by atoms with Gasteiger partial charge < -0.3 is 15.4 Å². The summed E-state index contributed by atoms with van der Waals surface area (Å²) in [6, 6.07) is 15.6. The van der Waals surface area contributed by atoms with Gasteiger partial charge in [-0.25, -0.2) is 9.18 Å². The number of ether oxygens (including phenoxy) is 1. The molecule has 3 aromatic rings. The fourth-order valence-electron chi connectivity index (χ4n) is 3.57. The molecule has 1 atom stereocenters. The van der Waals surface area contributed by atoms with Gasteiger partial charge in [-0.15, -0.1) is 0 Å². The van der Waals surface area contributed by atoms with Gasteiger partial charge in [0.1, 0.15) is 30.3 Å². The van der Waals surface area contributed by atoms with Gasteiger partial charge in [0.15, 0.2) is 0 Å². The molecule has 0 spiro atoms. The lowest BCUT2D eigenvalue weighted by atomic mass is 9.92. The van der Waals surface area contributed by atoms with E-state index in [2.05, 4.69) is 15.6 Å². The molecule has 9 heteroatoms. The number of carbonyl (C=O) groups excluding carboxylic acids is 3. The summed E-state index contributed by atoms with van der Waals surface area (Å²) in [4.78, 5) is 42.6. The highest BCUT2D eigenvalue weighted by Crippen LogP contribution is 2.28. The van der Waals surface area contributed by atoms with Crippen LogP contribution in [0.25, 0.3) is 0 Å². The molecule has 0 radical (unpaired) electrons. The highest BCUT2D eigenvalue weighted by molar-refractivity contribution is 6.09. The van der Waals surface area contributed by atoms with Gasteiger partial charge >= 0.3 is 6.03 Å². The Hall–Kier alpha value is -4.27. The third kappa shape index (κ3) is 5.03. The van der Waals surface area contributed by atoms with E-state index in [1.807, 2.05) is 24.3 Å². The van der Waals surface area contributed by atoms with E-state index in [0.717, 1.165) is 16.0 Å². The van der Waals surface area contributed by atoms with E-state index in [-0.39, 0.29) is 6.54 Å². The SMILES string of the molecule is CC1(c2ccc(F)cc2)NC(=O)N(CC(=O)NCc2ccc(OCc3cccnc3)cc2)C1=O. The Morgan fingerprint density at radius 2 is 1.82 bits per heavy atom. The zero-order valence-electron chi connectivity index (χ0n) is 18.5. The first-order chi connectivity index (χ1) is 16.3. The van der Waals surface area contributed by atoms with Crippen molar-refractivity contribution in [1.82, 2.24) is 20.5 Å². The average Bonchev–Trinajstić information content (AvgIpc) is 3.07. The maximum atomic E-state index is 13.2. The molecular weight excluding hydrogens is 439 g/mol. The van der Waals surface area contributed by atoms with Crippen molar-refractivity contribution in [3.05, 3.63) is 95.6 Å². The molecule has 0 bridgehead atoms. The Balaban J connectivity index is 1.29. The van der Waals surface area contributed by atoms with Crippen LogP contribution in [0, 0.1) is 5.82 Å². The molecule has 2 N–H and O–H groups in total. The maximum absolute atomic E-state index is 13.2. The van der Waals surface area contributed by atoms with Crippen molar-refractivity contribution in [2.75, 3.05) is 6.54 Å². The molecule has 8 nitrogen and oxygen atoms in total. The summed E-state index contributed by atoms with van der Waals surface area (Å²) >= 11 is 0. The number of imide groups is 1. The quantitative estimate of drug-likeness (QED) is 0.502. The van der Waals surface area contributed by atoms with E-state index < -0.39 is 35.7 Å². The number of carbonyl (C=O) groups is 3. The van der Waals surface area contributed by atoms with Gasteiger partial charge in [0.2, 0.25) is 5.91 Å². The second-order valence-corrected chi connectivity index (χ2v) is 8.02. The first-order valence-electron chi connectivity index (χ1n) is 10.6. The molecule has 1 fully saturated rings. The molecule has 4 rings (SSSR count). The fourth-order valence-corrected chi connectivity index (χ4v) is 3.57. The number of hydrogen-bond acceptors (Lipinski definition) is 5. The normalized spacial score (nSPS) is 17.4. The van der Waals surface area contributed by atoms with Crippen LogP contribution in [0.1, 0.15) is 23.6 Å². The Labute approximate surface area is 195 Å². The number of halogens is 1. The maximum Gasteiger partial charge on any atom is 0.325 e. The van der Waals surface area contributed by atoms with Crippen LogP contribution >= 0.6 is 0 Å². The second-order valence-electron chi connectivity index (χ2n) is 8.02. The number of aromatic nitrogens is 1. The molecule has 1 aromatic heterocycles. The van der Waals surface area contributed by atoms with Gasteiger partial charge in [-0.05, 0) is 48.4 Å². The van der Waals surface area contributed by atoms with Gasteiger partial charge in [0.25, 0.3) is 5.91 Å². The molecule has 2 aromatic carbocycles. The molecule has 34 heavy (non-hydrogen) atoms. The van der Waals surface area contributed by atoms with Crippen LogP contribution < -0.4 is 15.4 Å². The smallest absolute Gasteiger partial charge is 0.325 e. The standard InChI is InChI=1S/C25H23FN4O4/c1-25(19-6-8-20(26)9-7-19)23(32)30(24(33)29-25)15-22(31)28-14-17-4-10-21(11-5-17)34-16-18-3-2-12-27-13-18/h2-13H,14-16H2,1H3,(H,28,31)(H,29,33). The third-order valence-electron chi connectivity index (χ3n) is 5.54. The van der Waals surface area contributed by atoms with Crippen LogP contribution in [0.2, 0.25) is 0 Å². The molecule has 0 aliphatic carbocycles. The first-order valence-corrected chi connectivity index (χ1v) is 10.6. The number of urea groups is 1. The third-order valence-corrected chi connectivity index (χ3v) is 5.54. The van der Waals surface area contributed by atoms with Gasteiger partial charge in [-0.3, -0.25) is 19.5 Å². The van der Waals surface area contributed by atoms with E-state index in [1.54, 1.807) is 24.5 Å². The summed E-state index contributed by atoms with van der Waals surface area (Å²) in [7, 11) is 0. The Bertz CT molecular complexity index is 1190. The monoisotopic (exact) mass is 462 g/mol. The molecular formula is C25H23FN4O4. The number of hydrogen-bond donors (Lipinski definition) is 2. The summed E-state index contributed by atoms with van der Waals surface area (Å²) in [5.74, 6) is -0.829.